The molecule has 1 aromatic carbocycles. The van der Waals surface area contributed by atoms with Crippen molar-refractivity contribution in [1.82, 2.24) is 5.32 Å². The van der Waals surface area contributed by atoms with Crippen LogP contribution in [-0.4, -0.2) is 6.04 Å². The predicted octanol–water partition coefficient (Wildman–Crippen LogP) is 4.05. The van der Waals surface area contributed by atoms with Gasteiger partial charge in [-0.25, -0.2) is 4.39 Å². The Hall–Kier alpha value is -0.890. The monoisotopic (exact) mass is 249 g/mol. The third-order valence-electron chi connectivity index (χ3n) is 4.51. The zero-order valence-electron chi connectivity index (χ0n) is 11.7. The molecule has 0 aliphatic heterocycles. The van der Waals surface area contributed by atoms with E-state index in [4.69, 9.17) is 0 Å². The van der Waals surface area contributed by atoms with E-state index >= 15 is 0 Å². The molecule has 0 bridgehead atoms. The van der Waals surface area contributed by atoms with Gasteiger partial charge < -0.3 is 5.32 Å². The van der Waals surface area contributed by atoms with E-state index in [2.05, 4.69) is 19.2 Å². The third kappa shape index (κ3) is 3.11. The molecule has 0 spiro atoms. The average Bonchev–Trinajstić information content (AvgIpc) is 2.35. The second kappa shape index (κ2) is 5.83. The minimum Gasteiger partial charge on any atom is -0.310 e. The summed E-state index contributed by atoms with van der Waals surface area (Å²) < 4.78 is 13.5. The van der Waals surface area contributed by atoms with Gasteiger partial charge in [-0.1, -0.05) is 38.8 Å². The lowest BCUT2D eigenvalue weighted by Gasteiger charge is -2.34. The zero-order valence-corrected chi connectivity index (χ0v) is 11.7. The Morgan fingerprint density at radius 1 is 1.28 bits per heavy atom. The van der Waals surface area contributed by atoms with Crippen LogP contribution in [0.3, 0.4) is 0 Å². The van der Waals surface area contributed by atoms with Crippen molar-refractivity contribution < 1.29 is 4.39 Å². The van der Waals surface area contributed by atoms with Crippen LogP contribution in [0.5, 0.6) is 0 Å². The minimum absolute atomic E-state index is 0.0978. The summed E-state index contributed by atoms with van der Waals surface area (Å²) in [5.41, 5.74) is 1.77. The average molecular weight is 249 g/mol. The van der Waals surface area contributed by atoms with Crippen LogP contribution in [0.2, 0.25) is 0 Å². The lowest BCUT2D eigenvalue weighted by molar-refractivity contribution is 0.206. The van der Waals surface area contributed by atoms with Crippen molar-refractivity contribution in [3.8, 4) is 0 Å². The quantitative estimate of drug-likeness (QED) is 0.852. The molecule has 0 saturated heterocycles. The summed E-state index contributed by atoms with van der Waals surface area (Å²) in [6.07, 6.45) is 3.91. The van der Waals surface area contributed by atoms with Gasteiger partial charge in [-0.3, -0.25) is 0 Å². The molecule has 1 saturated carbocycles. The molecule has 18 heavy (non-hydrogen) atoms. The maximum absolute atomic E-state index is 13.5. The highest BCUT2D eigenvalue weighted by Gasteiger charge is 2.26. The number of halogens is 1. The van der Waals surface area contributed by atoms with Gasteiger partial charge in [-0.05, 0) is 42.4 Å². The molecule has 1 N–H and O–H groups in total. The normalized spacial score (nSPS) is 28.3. The van der Waals surface area contributed by atoms with E-state index in [1.165, 1.54) is 19.3 Å². The van der Waals surface area contributed by atoms with Crippen molar-refractivity contribution in [1.29, 1.82) is 0 Å². The standard InChI is InChI=1S/C16H24FN/c1-11-5-4-6-16(13(11)3)18-10-14-8-7-12(2)15(17)9-14/h7-9,11,13,16,18H,4-6,10H2,1-3H3. The van der Waals surface area contributed by atoms with E-state index < -0.39 is 0 Å². The topological polar surface area (TPSA) is 12.0 Å². The molecule has 1 fully saturated rings. The molecule has 0 heterocycles. The van der Waals surface area contributed by atoms with E-state index in [1.54, 1.807) is 13.0 Å². The van der Waals surface area contributed by atoms with Crippen LogP contribution >= 0.6 is 0 Å². The maximum Gasteiger partial charge on any atom is 0.126 e. The van der Waals surface area contributed by atoms with Gasteiger partial charge in [0, 0.05) is 12.6 Å². The first-order valence-corrected chi connectivity index (χ1v) is 7.06. The molecule has 1 aliphatic rings. The van der Waals surface area contributed by atoms with Crippen molar-refractivity contribution in [2.75, 3.05) is 0 Å². The van der Waals surface area contributed by atoms with E-state index in [0.29, 0.717) is 12.0 Å². The summed E-state index contributed by atoms with van der Waals surface area (Å²) >= 11 is 0. The summed E-state index contributed by atoms with van der Waals surface area (Å²) in [6, 6.07) is 6.11. The highest BCUT2D eigenvalue weighted by molar-refractivity contribution is 5.23. The number of aryl methyl sites for hydroxylation is 1. The number of nitrogens with one attached hydrogen (secondary N) is 1. The molecule has 2 heteroatoms. The van der Waals surface area contributed by atoms with Crippen LogP contribution < -0.4 is 5.32 Å². The van der Waals surface area contributed by atoms with E-state index in [-0.39, 0.29) is 5.82 Å². The zero-order chi connectivity index (χ0) is 13.1. The molecule has 0 amide bonds. The van der Waals surface area contributed by atoms with Crippen LogP contribution in [0.25, 0.3) is 0 Å². The first kappa shape index (κ1) is 13.5. The molecule has 0 aromatic heterocycles. The van der Waals surface area contributed by atoms with E-state index in [9.17, 15) is 4.39 Å². The Morgan fingerprint density at radius 2 is 2.06 bits per heavy atom. The third-order valence-corrected chi connectivity index (χ3v) is 4.51. The summed E-state index contributed by atoms with van der Waals surface area (Å²) in [5.74, 6) is 1.42. The van der Waals surface area contributed by atoms with Crippen LogP contribution in [0.4, 0.5) is 4.39 Å². The Balaban J connectivity index is 1.92. The van der Waals surface area contributed by atoms with E-state index in [0.717, 1.165) is 23.6 Å². The SMILES string of the molecule is Cc1ccc(CNC2CCCC(C)C2C)cc1F. The summed E-state index contributed by atoms with van der Waals surface area (Å²) in [7, 11) is 0. The van der Waals surface area contributed by atoms with Crippen molar-refractivity contribution in [2.45, 2.75) is 52.6 Å². The molecule has 3 unspecified atom stereocenters. The van der Waals surface area contributed by atoms with Gasteiger partial charge in [-0.2, -0.15) is 0 Å². The van der Waals surface area contributed by atoms with Gasteiger partial charge in [0.05, 0.1) is 0 Å². The fourth-order valence-electron chi connectivity index (χ4n) is 2.87. The maximum atomic E-state index is 13.5. The molecule has 2 rings (SSSR count). The van der Waals surface area contributed by atoms with Crippen molar-refractivity contribution in [3.63, 3.8) is 0 Å². The number of rotatable bonds is 3. The summed E-state index contributed by atoms with van der Waals surface area (Å²) in [6.45, 7) is 7.25. The number of hydrogen-bond acceptors (Lipinski definition) is 1. The summed E-state index contributed by atoms with van der Waals surface area (Å²) in [5, 5.41) is 3.60. The second-order valence-electron chi connectivity index (χ2n) is 5.84. The van der Waals surface area contributed by atoms with Crippen LogP contribution in [-0.2, 0) is 6.54 Å². The molecule has 3 atom stereocenters. The molecule has 1 aliphatic carbocycles. The number of benzene rings is 1. The first-order valence-electron chi connectivity index (χ1n) is 7.06. The lowest BCUT2D eigenvalue weighted by Crippen LogP contribution is -2.40. The van der Waals surface area contributed by atoms with Crippen molar-refractivity contribution >= 4 is 0 Å². The lowest BCUT2D eigenvalue weighted by atomic mass is 9.78. The summed E-state index contributed by atoms with van der Waals surface area (Å²) in [4.78, 5) is 0. The van der Waals surface area contributed by atoms with Gasteiger partial charge in [0.15, 0.2) is 0 Å². The fourth-order valence-corrected chi connectivity index (χ4v) is 2.87. The Bertz CT molecular complexity index is 402. The fraction of sp³-hybridized carbons (Fsp3) is 0.625. The van der Waals surface area contributed by atoms with E-state index in [1.807, 2.05) is 12.1 Å². The van der Waals surface area contributed by atoms with Crippen LogP contribution in [0, 0.1) is 24.6 Å². The molecule has 0 radical (unpaired) electrons. The van der Waals surface area contributed by atoms with Crippen LogP contribution in [0.15, 0.2) is 18.2 Å². The van der Waals surface area contributed by atoms with Crippen LogP contribution in [0.1, 0.15) is 44.2 Å². The molecule has 1 nitrogen and oxygen atoms in total. The molecular formula is C16H24FN. The van der Waals surface area contributed by atoms with Gasteiger partial charge in [0.1, 0.15) is 5.82 Å². The first-order chi connectivity index (χ1) is 8.58. The highest BCUT2D eigenvalue weighted by Crippen LogP contribution is 2.29. The second-order valence-corrected chi connectivity index (χ2v) is 5.84. The Kier molecular flexibility index (Phi) is 4.39. The van der Waals surface area contributed by atoms with Gasteiger partial charge >= 0.3 is 0 Å². The molecule has 1 aromatic rings. The molecular weight excluding hydrogens is 225 g/mol. The predicted molar refractivity (Wildman–Crippen MR) is 73.9 cm³/mol. The molecule has 100 valence electrons. The Morgan fingerprint density at radius 3 is 2.78 bits per heavy atom. The van der Waals surface area contributed by atoms with Gasteiger partial charge in [0.2, 0.25) is 0 Å². The van der Waals surface area contributed by atoms with Crippen molar-refractivity contribution in [3.05, 3.63) is 35.1 Å². The highest BCUT2D eigenvalue weighted by atomic mass is 19.1. The smallest absolute Gasteiger partial charge is 0.126 e. The largest absolute Gasteiger partial charge is 0.310 e. The number of hydrogen-bond donors (Lipinski definition) is 1. The van der Waals surface area contributed by atoms with Crippen molar-refractivity contribution in [2.24, 2.45) is 11.8 Å². The Labute approximate surface area is 110 Å². The minimum atomic E-state index is -0.0978. The van der Waals surface area contributed by atoms with Gasteiger partial charge in [0.25, 0.3) is 0 Å². The van der Waals surface area contributed by atoms with Gasteiger partial charge in [-0.15, -0.1) is 0 Å².